The minimum Gasteiger partial charge on any atom is -0.300 e. The highest BCUT2D eigenvalue weighted by atomic mass is 32.1. The predicted octanol–water partition coefficient (Wildman–Crippen LogP) is 4.37. The molecule has 0 radical (unpaired) electrons. The lowest BCUT2D eigenvalue weighted by Crippen LogP contribution is -2.35. The second-order valence-electron chi connectivity index (χ2n) is 5.45. The summed E-state index contributed by atoms with van der Waals surface area (Å²) in [6.45, 7) is 4.61. The van der Waals surface area contributed by atoms with E-state index in [1.54, 1.807) is 11.3 Å². The zero-order chi connectivity index (χ0) is 13.5. The van der Waals surface area contributed by atoms with E-state index in [0.717, 1.165) is 23.9 Å². The van der Waals surface area contributed by atoms with Gasteiger partial charge in [0.2, 0.25) is 0 Å². The summed E-state index contributed by atoms with van der Waals surface area (Å²) in [5, 5.41) is 1.98. The van der Waals surface area contributed by atoms with Crippen molar-refractivity contribution >= 4 is 17.1 Å². The van der Waals surface area contributed by atoms with Crippen LogP contribution >= 0.6 is 11.3 Å². The standard InChI is InChI=1S/C16H25NOS/c1-2-14-8-4-3-5-11-17(14)12-6-9-15(18)16-10-7-13-19-16/h7,10,13-14H,2-6,8-9,11-12H2,1H3. The van der Waals surface area contributed by atoms with Crippen LogP contribution in [-0.2, 0) is 0 Å². The average Bonchev–Trinajstić information content (AvgIpc) is 2.86. The van der Waals surface area contributed by atoms with Crippen LogP contribution in [-0.4, -0.2) is 29.8 Å². The van der Waals surface area contributed by atoms with Crippen molar-refractivity contribution in [1.82, 2.24) is 4.90 Å². The third-order valence-electron chi connectivity index (χ3n) is 4.12. The molecule has 2 heterocycles. The number of carbonyl (C=O) groups excluding carboxylic acids is 1. The van der Waals surface area contributed by atoms with Gasteiger partial charge in [0.1, 0.15) is 0 Å². The van der Waals surface area contributed by atoms with E-state index in [1.165, 1.54) is 38.6 Å². The average molecular weight is 279 g/mol. The first-order chi connectivity index (χ1) is 9.31. The van der Waals surface area contributed by atoms with E-state index in [2.05, 4.69) is 11.8 Å². The fraction of sp³-hybridized carbons (Fsp3) is 0.688. The molecule has 1 fully saturated rings. The van der Waals surface area contributed by atoms with E-state index in [0.29, 0.717) is 12.2 Å². The van der Waals surface area contributed by atoms with Crippen molar-refractivity contribution in [1.29, 1.82) is 0 Å². The summed E-state index contributed by atoms with van der Waals surface area (Å²) in [5.41, 5.74) is 0. The van der Waals surface area contributed by atoms with Crippen LogP contribution in [0.4, 0.5) is 0 Å². The molecule has 3 heteroatoms. The molecule has 1 unspecified atom stereocenters. The molecular formula is C16H25NOS. The Hall–Kier alpha value is -0.670. The van der Waals surface area contributed by atoms with E-state index < -0.39 is 0 Å². The van der Waals surface area contributed by atoms with Gasteiger partial charge in [-0.2, -0.15) is 0 Å². The SMILES string of the molecule is CCC1CCCCCN1CCCC(=O)c1cccs1. The lowest BCUT2D eigenvalue weighted by molar-refractivity contribution is 0.0973. The summed E-state index contributed by atoms with van der Waals surface area (Å²) in [7, 11) is 0. The van der Waals surface area contributed by atoms with Crippen molar-refractivity contribution in [3.8, 4) is 0 Å². The Kier molecular flexibility index (Phi) is 6.05. The number of carbonyl (C=O) groups is 1. The van der Waals surface area contributed by atoms with E-state index in [1.807, 2.05) is 17.5 Å². The van der Waals surface area contributed by atoms with Crippen LogP contribution in [0.1, 0.15) is 61.5 Å². The number of hydrogen-bond acceptors (Lipinski definition) is 3. The maximum atomic E-state index is 12.0. The van der Waals surface area contributed by atoms with Crippen molar-refractivity contribution in [2.45, 2.75) is 57.9 Å². The number of likely N-dealkylation sites (tertiary alicyclic amines) is 1. The lowest BCUT2D eigenvalue weighted by Gasteiger charge is -2.28. The third kappa shape index (κ3) is 4.43. The predicted molar refractivity (Wildman–Crippen MR) is 82.0 cm³/mol. The van der Waals surface area contributed by atoms with Crippen molar-refractivity contribution in [2.75, 3.05) is 13.1 Å². The van der Waals surface area contributed by atoms with Crippen molar-refractivity contribution in [2.24, 2.45) is 0 Å². The fourth-order valence-corrected chi connectivity index (χ4v) is 3.69. The Balaban J connectivity index is 1.76. The summed E-state index contributed by atoms with van der Waals surface area (Å²) in [6.07, 6.45) is 8.38. The monoisotopic (exact) mass is 279 g/mol. The van der Waals surface area contributed by atoms with Gasteiger partial charge in [-0.1, -0.05) is 25.8 Å². The fourth-order valence-electron chi connectivity index (χ4n) is 3.00. The van der Waals surface area contributed by atoms with Crippen molar-refractivity contribution in [3.63, 3.8) is 0 Å². The van der Waals surface area contributed by atoms with Gasteiger partial charge >= 0.3 is 0 Å². The van der Waals surface area contributed by atoms with Crippen LogP contribution in [0.2, 0.25) is 0 Å². The molecule has 2 nitrogen and oxygen atoms in total. The Morgan fingerprint density at radius 1 is 1.42 bits per heavy atom. The van der Waals surface area contributed by atoms with Gasteiger partial charge in [0.05, 0.1) is 4.88 Å². The number of ketones is 1. The molecule has 0 N–H and O–H groups in total. The molecule has 0 saturated carbocycles. The molecule has 1 aliphatic rings. The maximum Gasteiger partial charge on any atom is 0.172 e. The summed E-state index contributed by atoms with van der Waals surface area (Å²) in [4.78, 5) is 15.5. The van der Waals surface area contributed by atoms with Gasteiger partial charge in [-0.15, -0.1) is 11.3 Å². The highest BCUT2D eigenvalue weighted by molar-refractivity contribution is 7.12. The first-order valence-corrected chi connectivity index (χ1v) is 8.50. The molecule has 0 spiro atoms. The van der Waals surface area contributed by atoms with Gasteiger partial charge in [0.25, 0.3) is 0 Å². The quantitative estimate of drug-likeness (QED) is 0.721. The minimum atomic E-state index is 0.317. The molecule has 1 aliphatic heterocycles. The normalized spacial score (nSPS) is 21.2. The molecule has 0 aliphatic carbocycles. The van der Waals surface area contributed by atoms with Gasteiger partial charge in [-0.25, -0.2) is 0 Å². The zero-order valence-corrected chi connectivity index (χ0v) is 12.8. The molecule has 1 saturated heterocycles. The molecule has 1 aromatic rings. The summed E-state index contributed by atoms with van der Waals surface area (Å²) < 4.78 is 0. The third-order valence-corrected chi connectivity index (χ3v) is 5.03. The zero-order valence-electron chi connectivity index (χ0n) is 11.9. The molecule has 0 amide bonds. The number of rotatable bonds is 6. The lowest BCUT2D eigenvalue weighted by atomic mass is 10.1. The van der Waals surface area contributed by atoms with E-state index >= 15 is 0 Å². The second kappa shape index (κ2) is 7.81. The highest BCUT2D eigenvalue weighted by Gasteiger charge is 2.19. The van der Waals surface area contributed by atoms with Gasteiger partial charge < -0.3 is 4.90 Å². The van der Waals surface area contributed by atoms with Crippen LogP contribution in [0, 0.1) is 0 Å². The maximum absolute atomic E-state index is 12.0. The van der Waals surface area contributed by atoms with Gasteiger partial charge in [0.15, 0.2) is 5.78 Å². The Morgan fingerprint density at radius 2 is 2.32 bits per heavy atom. The topological polar surface area (TPSA) is 20.3 Å². The smallest absolute Gasteiger partial charge is 0.172 e. The molecule has 2 rings (SSSR count). The van der Waals surface area contributed by atoms with E-state index in [-0.39, 0.29) is 0 Å². The Labute approximate surface area is 120 Å². The number of hydrogen-bond donors (Lipinski definition) is 0. The molecule has 0 bridgehead atoms. The van der Waals surface area contributed by atoms with E-state index in [9.17, 15) is 4.79 Å². The minimum absolute atomic E-state index is 0.317. The molecule has 19 heavy (non-hydrogen) atoms. The molecule has 1 atom stereocenters. The summed E-state index contributed by atoms with van der Waals surface area (Å²) in [5.74, 6) is 0.317. The van der Waals surface area contributed by atoms with Gasteiger partial charge in [-0.3, -0.25) is 4.79 Å². The number of thiophene rings is 1. The van der Waals surface area contributed by atoms with Gasteiger partial charge in [-0.05, 0) is 50.2 Å². The molecular weight excluding hydrogens is 254 g/mol. The molecule has 0 aromatic carbocycles. The molecule has 1 aromatic heterocycles. The number of Topliss-reactive ketones (excluding diaryl/α,β-unsaturated/α-hetero) is 1. The first kappa shape index (κ1) is 14.7. The first-order valence-electron chi connectivity index (χ1n) is 7.62. The van der Waals surface area contributed by atoms with E-state index in [4.69, 9.17) is 0 Å². The summed E-state index contributed by atoms with van der Waals surface area (Å²) >= 11 is 1.56. The van der Waals surface area contributed by atoms with Crippen LogP contribution in [0.25, 0.3) is 0 Å². The van der Waals surface area contributed by atoms with Crippen molar-refractivity contribution in [3.05, 3.63) is 22.4 Å². The highest BCUT2D eigenvalue weighted by Crippen LogP contribution is 2.20. The second-order valence-corrected chi connectivity index (χ2v) is 6.40. The Morgan fingerprint density at radius 3 is 3.05 bits per heavy atom. The molecule has 106 valence electrons. The number of nitrogens with zero attached hydrogens (tertiary/aromatic N) is 1. The van der Waals surface area contributed by atoms with Crippen LogP contribution < -0.4 is 0 Å². The van der Waals surface area contributed by atoms with Gasteiger partial charge in [0, 0.05) is 12.5 Å². The Bertz CT molecular complexity index is 374. The van der Waals surface area contributed by atoms with Crippen molar-refractivity contribution < 1.29 is 4.79 Å². The van der Waals surface area contributed by atoms with Crippen LogP contribution in [0.5, 0.6) is 0 Å². The largest absolute Gasteiger partial charge is 0.300 e. The van der Waals surface area contributed by atoms with Crippen LogP contribution in [0.3, 0.4) is 0 Å². The van der Waals surface area contributed by atoms with Crippen LogP contribution in [0.15, 0.2) is 17.5 Å². The summed E-state index contributed by atoms with van der Waals surface area (Å²) in [6, 6.07) is 4.65.